The lowest BCUT2D eigenvalue weighted by molar-refractivity contribution is 0.187. The first kappa shape index (κ1) is 12.1. The van der Waals surface area contributed by atoms with Crippen molar-refractivity contribution >= 4 is 11.3 Å². The first-order valence-electron chi connectivity index (χ1n) is 6.45. The largest absolute Gasteiger partial charge is 0.306 e. The summed E-state index contributed by atoms with van der Waals surface area (Å²) in [6.07, 6.45) is 8.48. The summed E-state index contributed by atoms with van der Waals surface area (Å²) >= 11 is 1.80. The highest BCUT2D eigenvalue weighted by Crippen LogP contribution is 2.41. The maximum atomic E-state index is 4.54. The third-order valence-corrected chi connectivity index (χ3v) is 4.87. The topological polar surface area (TPSA) is 24.9 Å². The molecule has 0 aromatic carbocycles. The van der Waals surface area contributed by atoms with Crippen LogP contribution < -0.4 is 5.32 Å². The standard InChI is InChI=1S/C13H22N2S/c1-3-11-5-7-13(8-6-11,15-4-2)12-14-9-10-16-12/h9-11,15H,3-8H2,1-2H3. The van der Waals surface area contributed by atoms with Gasteiger partial charge < -0.3 is 5.32 Å². The molecular formula is C13H22N2S. The van der Waals surface area contributed by atoms with Crippen LogP contribution in [0.4, 0.5) is 0 Å². The molecule has 1 fully saturated rings. The zero-order valence-corrected chi connectivity index (χ0v) is 11.1. The van der Waals surface area contributed by atoms with E-state index >= 15 is 0 Å². The predicted octanol–water partition coefficient (Wildman–Crippen LogP) is 3.55. The molecule has 0 saturated heterocycles. The minimum Gasteiger partial charge on any atom is -0.306 e. The van der Waals surface area contributed by atoms with Crippen molar-refractivity contribution in [1.82, 2.24) is 10.3 Å². The molecule has 2 nitrogen and oxygen atoms in total. The Morgan fingerprint density at radius 1 is 1.44 bits per heavy atom. The van der Waals surface area contributed by atoms with Gasteiger partial charge in [0.25, 0.3) is 0 Å². The number of hydrogen-bond donors (Lipinski definition) is 1. The third-order valence-electron chi connectivity index (χ3n) is 3.89. The molecule has 90 valence electrons. The molecule has 3 heteroatoms. The van der Waals surface area contributed by atoms with Crippen molar-refractivity contribution in [2.75, 3.05) is 6.54 Å². The van der Waals surface area contributed by atoms with Gasteiger partial charge in [0.1, 0.15) is 5.01 Å². The van der Waals surface area contributed by atoms with Crippen LogP contribution in [-0.2, 0) is 5.54 Å². The highest BCUT2D eigenvalue weighted by atomic mass is 32.1. The molecule has 1 aliphatic rings. The van der Waals surface area contributed by atoms with E-state index in [4.69, 9.17) is 0 Å². The SMILES string of the molecule is CCNC1(c2nccs2)CCC(CC)CC1. The lowest BCUT2D eigenvalue weighted by Crippen LogP contribution is -2.45. The van der Waals surface area contributed by atoms with Crippen LogP contribution in [0, 0.1) is 5.92 Å². The molecule has 0 spiro atoms. The van der Waals surface area contributed by atoms with Crippen molar-refractivity contribution in [3.8, 4) is 0 Å². The van der Waals surface area contributed by atoms with Crippen LogP contribution in [0.3, 0.4) is 0 Å². The molecule has 1 aliphatic carbocycles. The average Bonchev–Trinajstić information content (AvgIpc) is 2.84. The second kappa shape index (κ2) is 5.28. The minimum atomic E-state index is 0.189. The van der Waals surface area contributed by atoms with Gasteiger partial charge in [0, 0.05) is 11.6 Å². The minimum absolute atomic E-state index is 0.189. The number of nitrogens with zero attached hydrogens (tertiary/aromatic N) is 1. The molecule has 0 bridgehead atoms. The van der Waals surface area contributed by atoms with Gasteiger partial charge in [-0.15, -0.1) is 11.3 Å². The second-order valence-corrected chi connectivity index (χ2v) is 5.70. The van der Waals surface area contributed by atoms with E-state index < -0.39 is 0 Å². The van der Waals surface area contributed by atoms with E-state index in [0.29, 0.717) is 0 Å². The Labute approximate surface area is 102 Å². The molecule has 1 N–H and O–H groups in total. The molecule has 1 saturated carbocycles. The summed E-state index contributed by atoms with van der Waals surface area (Å²) in [6, 6.07) is 0. The summed E-state index contributed by atoms with van der Waals surface area (Å²) in [5.74, 6) is 0.937. The maximum absolute atomic E-state index is 4.54. The highest BCUT2D eigenvalue weighted by molar-refractivity contribution is 7.09. The Morgan fingerprint density at radius 3 is 2.69 bits per heavy atom. The van der Waals surface area contributed by atoms with Gasteiger partial charge in [0.2, 0.25) is 0 Å². The lowest BCUT2D eigenvalue weighted by atomic mass is 9.76. The van der Waals surface area contributed by atoms with Gasteiger partial charge in [-0.1, -0.05) is 20.3 Å². The van der Waals surface area contributed by atoms with E-state index in [1.54, 1.807) is 11.3 Å². The van der Waals surface area contributed by atoms with Crippen molar-refractivity contribution in [2.45, 2.75) is 51.5 Å². The Hall–Kier alpha value is -0.410. The summed E-state index contributed by atoms with van der Waals surface area (Å²) < 4.78 is 0. The van der Waals surface area contributed by atoms with Crippen molar-refractivity contribution in [2.24, 2.45) is 5.92 Å². The van der Waals surface area contributed by atoms with Gasteiger partial charge in [-0.2, -0.15) is 0 Å². The smallest absolute Gasteiger partial charge is 0.113 e. The molecular weight excluding hydrogens is 216 g/mol. The maximum Gasteiger partial charge on any atom is 0.113 e. The number of thiazole rings is 1. The van der Waals surface area contributed by atoms with Crippen molar-refractivity contribution in [3.63, 3.8) is 0 Å². The van der Waals surface area contributed by atoms with Gasteiger partial charge in [-0.05, 0) is 38.1 Å². The molecule has 2 rings (SSSR count). The van der Waals surface area contributed by atoms with Gasteiger partial charge in [0.05, 0.1) is 5.54 Å². The fourth-order valence-electron chi connectivity index (χ4n) is 2.84. The predicted molar refractivity (Wildman–Crippen MR) is 69.7 cm³/mol. The summed E-state index contributed by atoms with van der Waals surface area (Å²) in [6.45, 7) is 5.55. The highest BCUT2D eigenvalue weighted by Gasteiger charge is 2.37. The van der Waals surface area contributed by atoms with E-state index in [2.05, 4.69) is 29.5 Å². The van der Waals surface area contributed by atoms with Gasteiger partial charge >= 0.3 is 0 Å². The first-order chi connectivity index (χ1) is 7.80. The Bertz CT molecular complexity index is 300. The first-order valence-corrected chi connectivity index (χ1v) is 7.33. The monoisotopic (exact) mass is 238 g/mol. The molecule has 0 radical (unpaired) electrons. The van der Waals surface area contributed by atoms with E-state index in [1.165, 1.54) is 37.1 Å². The molecule has 1 heterocycles. The second-order valence-electron chi connectivity index (χ2n) is 4.80. The van der Waals surface area contributed by atoms with Gasteiger partial charge in [0.15, 0.2) is 0 Å². The summed E-state index contributed by atoms with van der Waals surface area (Å²) in [5.41, 5.74) is 0.189. The van der Waals surface area contributed by atoms with Crippen molar-refractivity contribution < 1.29 is 0 Å². The zero-order chi connectivity index (χ0) is 11.4. The van der Waals surface area contributed by atoms with Gasteiger partial charge in [-0.25, -0.2) is 4.98 Å². The lowest BCUT2D eigenvalue weighted by Gasteiger charge is -2.39. The van der Waals surface area contributed by atoms with Crippen molar-refractivity contribution in [3.05, 3.63) is 16.6 Å². The van der Waals surface area contributed by atoms with Crippen LogP contribution in [0.5, 0.6) is 0 Å². The number of aromatic nitrogens is 1. The van der Waals surface area contributed by atoms with Crippen LogP contribution >= 0.6 is 11.3 Å². The van der Waals surface area contributed by atoms with E-state index in [1.807, 2.05) is 6.20 Å². The van der Waals surface area contributed by atoms with Crippen LogP contribution in [0.1, 0.15) is 51.0 Å². The van der Waals surface area contributed by atoms with Crippen molar-refractivity contribution in [1.29, 1.82) is 0 Å². The Morgan fingerprint density at radius 2 is 2.19 bits per heavy atom. The number of nitrogens with one attached hydrogen (secondary N) is 1. The summed E-state index contributed by atoms with van der Waals surface area (Å²) in [7, 11) is 0. The zero-order valence-electron chi connectivity index (χ0n) is 10.3. The Kier molecular flexibility index (Phi) is 3.98. The molecule has 1 aromatic rings. The fourth-order valence-corrected chi connectivity index (χ4v) is 3.72. The summed E-state index contributed by atoms with van der Waals surface area (Å²) in [5, 5.41) is 7.09. The van der Waals surface area contributed by atoms with Crippen LogP contribution in [0.15, 0.2) is 11.6 Å². The van der Waals surface area contributed by atoms with E-state index in [0.717, 1.165) is 12.5 Å². The quantitative estimate of drug-likeness (QED) is 0.867. The van der Waals surface area contributed by atoms with Gasteiger partial charge in [-0.3, -0.25) is 0 Å². The Balaban J connectivity index is 2.12. The summed E-state index contributed by atoms with van der Waals surface area (Å²) in [4.78, 5) is 4.54. The van der Waals surface area contributed by atoms with E-state index in [-0.39, 0.29) is 5.54 Å². The molecule has 16 heavy (non-hydrogen) atoms. The number of rotatable bonds is 4. The molecule has 0 unspecified atom stereocenters. The normalized spacial score (nSPS) is 30.5. The molecule has 0 amide bonds. The molecule has 0 atom stereocenters. The van der Waals surface area contributed by atoms with Crippen LogP contribution in [0.2, 0.25) is 0 Å². The molecule has 0 aliphatic heterocycles. The molecule has 1 aromatic heterocycles. The number of hydrogen-bond acceptors (Lipinski definition) is 3. The third kappa shape index (κ3) is 2.30. The van der Waals surface area contributed by atoms with E-state index in [9.17, 15) is 0 Å². The fraction of sp³-hybridized carbons (Fsp3) is 0.769. The van der Waals surface area contributed by atoms with Crippen LogP contribution in [-0.4, -0.2) is 11.5 Å². The van der Waals surface area contributed by atoms with Crippen LogP contribution in [0.25, 0.3) is 0 Å². The average molecular weight is 238 g/mol.